The maximum Gasteiger partial charge on any atom is 0 e. The van der Waals surface area contributed by atoms with Crippen LogP contribution >= 0.6 is 0 Å². The standard InChI is InChI=1S/C23H24NOSi.C18H24GeN.Ir/c1-15(2)16-11-12-24-21(13-16)20-8-6-7-19-18-10-9-17(26(3,4)5)14-22(18)25-23(19)20;1-13(2)16-11-18(15-9-7-14(3)8-10-15)20-12-17(16)19(4,5)6;/h6-7,9-15H,1-5H3;7-9,11-13H,1-6H3;/q2*-1;/i15D;3D3,13D;. The van der Waals surface area contributed by atoms with Gasteiger partial charge in [0, 0.05) is 33.1 Å². The predicted molar refractivity (Wildman–Crippen MR) is 203 cm³/mol. The molecule has 0 fully saturated rings. The first kappa shape index (κ1) is 30.2. The summed E-state index contributed by atoms with van der Waals surface area (Å²) in [6, 6.07) is 27.6. The molecule has 1 radical (unpaired) electrons. The molecule has 3 aromatic heterocycles. The third-order valence-electron chi connectivity index (χ3n) is 8.23. The fourth-order valence-electron chi connectivity index (χ4n) is 5.47. The van der Waals surface area contributed by atoms with Crippen molar-refractivity contribution in [1.82, 2.24) is 9.97 Å². The molecular formula is C41H48GeIrN2OSi-2. The van der Waals surface area contributed by atoms with Crippen LogP contribution < -0.4 is 9.58 Å². The van der Waals surface area contributed by atoms with E-state index in [1.807, 2.05) is 58.2 Å². The molecule has 0 amide bonds. The number of hydrogen-bond acceptors (Lipinski definition) is 3. The molecule has 3 heterocycles. The second-order valence-electron chi connectivity index (χ2n) is 14.4. The summed E-state index contributed by atoms with van der Waals surface area (Å²) in [6.07, 6.45) is 3.67. The van der Waals surface area contributed by atoms with Gasteiger partial charge in [-0.3, -0.25) is 0 Å². The van der Waals surface area contributed by atoms with Gasteiger partial charge in [0.05, 0.1) is 13.7 Å². The summed E-state index contributed by atoms with van der Waals surface area (Å²) in [4.78, 5) is 9.11. The number of pyridine rings is 2. The average molecular weight is 883 g/mol. The molecule has 0 aliphatic carbocycles. The van der Waals surface area contributed by atoms with Gasteiger partial charge in [-0.05, 0) is 23.7 Å². The van der Waals surface area contributed by atoms with E-state index < -0.39 is 40.0 Å². The van der Waals surface area contributed by atoms with Crippen LogP contribution in [0.1, 0.15) is 63.0 Å². The van der Waals surface area contributed by atoms with Crippen molar-refractivity contribution in [3.8, 4) is 22.5 Å². The van der Waals surface area contributed by atoms with E-state index in [1.165, 1.54) is 15.6 Å². The Morgan fingerprint density at radius 3 is 2.23 bits per heavy atom. The number of rotatable bonds is 6. The minimum absolute atomic E-state index is 0. The molecule has 6 aromatic rings. The Kier molecular flexibility index (Phi) is 9.48. The smallest absolute Gasteiger partial charge is 0 e. The molecule has 247 valence electrons. The largest absolute Gasteiger partial charge is 0 e. The number of hydrogen-bond donors (Lipinski definition) is 0. The zero-order chi connectivity index (χ0) is 37.7. The van der Waals surface area contributed by atoms with Crippen molar-refractivity contribution in [3.63, 3.8) is 0 Å². The van der Waals surface area contributed by atoms with E-state index in [0.717, 1.165) is 55.6 Å². The molecule has 0 saturated carbocycles. The van der Waals surface area contributed by atoms with Crippen LogP contribution in [0.4, 0.5) is 0 Å². The van der Waals surface area contributed by atoms with Gasteiger partial charge in [-0.25, -0.2) is 0 Å². The molecule has 0 aliphatic heterocycles. The molecule has 3 nitrogen and oxygen atoms in total. The number of furan rings is 1. The van der Waals surface area contributed by atoms with Crippen molar-refractivity contribution in [2.24, 2.45) is 0 Å². The van der Waals surface area contributed by atoms with Gasteiger partial charge < -0.3 is 9.40 Å². The Bertz CT molecular complexity index is 2190. The molecule has 0 N–H and O–H groups in total. The summed E-state index contributed by atoms with van der Waals surface area (Å²) in [6.45, 7) is 12.5. The van der Waals surface area contributed by atoms with Gasteiger partial charge in [-0.15, -0.1) is 18.2 Å². The van der Waals surface area contributed by atoms with E-state index in [2.05, 4.69) is 83.3 Å². The minimum Gasteiger partial charge on any atom is 0 e. The number of aromatic nitrogens is 2. The number of benzene rings is 3. The number of nitrogens with zero attached hydrogens (tertiary/aromatic N) is 2. The van der Waals surface area contributed by atoms with E-state index in [4.69, 9.17) is 11.3 Å². The Hall–Kier alpha value is -2.83. The van der Waals surface area contributed by atoms with Gasteiger partial charge in [0.25, 0.3) is 0 Å². The van der Waals surface area contributed by atoms with Crippen LogP contribution in [0.25, 0.3) is 44.5 Å². The fraction of sp³-hybridized carbons (Fsp3) is 0.317. The van der Waals surface area contributed by atoms with E-state index in [1.54, 1.807) is 18.3 Å². The molecular weight excluding hydrogens is 829 g/mol. The topological polar surface area (TPSA) is 38.9 Å². The zero-order valence-corrected chi connectivity index (χ0v) is 34.6. The first-order chi connectivity index (χ1) is 23.4. The predicted octanol–water partition coefficient (Wildman–Crippen LogP) is 10.6. The molecule has 47 heavy (non-hydrogen) atoms. The zero-order valence-electron chi connectivity index (χ0n) is 34.1. The molecule has 6 rings (SSSR count). The van der Waals surface area contributed by atoms with Crippen LogP contribution in [-0.2, 0) is 20.1 Å². The number of fused-ring (bicyclic) bond motifs is 3. The molecule has 0 unspecified atom stereocenters. The summed E-state index contributed by atoms with van der Waals surface area (Å²) in [5.74, 6) is 5.51. The first-order valence-electron chi connectivity index (χ1n) is 18.3. The van der Waals surface area contributed by atoms with Crippen molar-refractivity contribution in [1.29, 1.82) is 0 Å². The quantitative estimate of drug-likeness (QED) is 0.124. The van der Waals surface area contributed by atoms with Gasteiger partial charge >= 0.3 is 131 Å². The Balaban J connectivity index is 0.000000230. The van der Waals surface area contributed by atoms with Crippen LogP contribution in [0, 0.1) is 19.0 Å². The monoisotopic (exact) mass is 884 g/mol. The van der Waals surface area contributed by atoms with Crippen LogP contribution in [-0.4, -0.2) is 31.3 Å². The summed E-state index contributed by atoms with van der Waals surface area (Å²) in [7, 11) is -1.41. The van der Waals surface area contributed by atoms with Crippen molar-refractivity contribution < 1.29 is 31.4 Å². The maximum atomic E-state index is 8.49. The van der Waals surface area contributed by atoms with Crippen LogP contribution in [0.5, 0.6) is 0 Å². The van der Waals surface area contributed by atoms with Gasteiger partial charge in [0.1, 0.15) is 5.58 Å². The molecule has 0 aliphatic rings. The first-order valence-corrected chi connectivity index (χ1v) is 26.7. The molecule has 3 aromatic carbocycles. The Morgan fingerprint density at radius 1 is 0.851 bits per heavy atom. The summed E-state index contributed by atoms with van der Waals surface area (Å²) in [5, 5.41) is 3.59. The van der Waals surface area contributed by atoms with Crippen molar-refractivity contribution in [2.75, 3.05) is 0 Å². The third kappa shape index (κ3) is 8.43. The SMILES string of the molecule is [2H]C(C)(C)c1ccnc(-c2[c-]ccc3c2oc2cc([Si](C)(C)C)ccc23)c1.[2H]C([2H])([2H])c1c[c-]c(-c2cc(C([2H])(C)C)[c]([Ge]([CH3])([CH3])[CH3])cn2)cc1.[Ir]. The molecule has 0 saturated heterocycles. The average Bonchev–Trinajstić information content (AvgIpc) is 3.41. The van der Waals surface area contributed by atoms with Gasteiger partial charge in [0.15, 0.2) is 0 Å². The number of aryl methyl sites for hydroxylation is 1. The summed E-state index contributed by atoms with van der Waals surface area (Å²) >= 11 is -2.14. The van der Waals surface area contributed by atoms with Crippen LogP contribution in [0.2, 0.25) is 36.9 Å². The van der Waals surface area contributed by atoms with Crippen LogP contribution in [0.15, 0.2) is 83.5 Å². The van der Waals surface area contributed by atoms with Gasteiger partial charge in [-0.2, -0.15) is 0 Å². The van der Waals surface area contributed by atoms with Crippen LogP contribution in [0.3, 0.4) is 0 Å². The molecule has 0 bridgehead atoms. The second-order valence-corrected chi connectivity index (χ2v) is 30.1. The van der Waals surface area contributed by atoms with Gasteiger partial charge in [-0.1, -0.05) is 73.4 Å². The van der Waals surface area contributed by atoms with Crippen molar-refractivity contribution in [3.05, 3.63) is 108 Å². The molecule has 0 spiro atoms. The van der Waals surface area contributed by atoms with E-state index in [0.29, 0.717) is 0 Å². The summed E-state index contributed by atoms with van der Waals surface area (Å²) in [5.41, 5.74) is 7.07. The summed E-state index contributed by atoms with van der Waals surface area (Å²) < 4.78 is 46.7. The van der Waals surface area contributed by atoms with E-state index in [9.17, 15) is 0 Å². The second kappa shape index (κ2) is 14.7. The fourth-order valence-corrected chi connectivity index (χ4v) is 9.94. The van der Waals surface area contributed by atoms with Crippen molar-refractivity contribution in [2.45, 2.75) is 83.2 Å². The third-order valence-corrected chi connectivity index (χ3v) is 14.5. The maximum absolute atomic E-state index is 8.49. The molecule has 6 heteroatoms. The normalized spacial score (nSPS) is 14.2. The Morgan fingerprint density at radius 2 is 1.62 bits per heavy atom. The molecule has 0 atom stereocenters. The van der Waals surface area contributed by atoms with Crippen molar-refractivity contribution >= 4 is 52.9 Å². The van der Waals surface area contributed by atoms with E-state index >= 15 is 0 Å². The minimum atomic E-state index is -2.14. The Labute approximate surface area is 306 Å². The van der Waals surface area contributed by atoms with E-state index in [-0.39, 0.29) is 25.7 Å². The van der Waals surface area contributed by atoms with Gasteiger partial charge in [0.2, 0.25) is 0 Å².